The second kappa shape index (κ2) is 5.98. The van der Waals surface area contributed by atoms with E-state index in [9.17, 15) is 0 Å². The van der Waals surface area contributed by atoms with Gasteiger partial charge in [-0.05, 0) is 37.9 Å². The van der Waals surface area contributed by atoms with E-state index in [1.54, 1.807) is 6.20 Å². The fraction of sp³-hybridized carbons (Fsp3) is 0.667. The molecule has 3 atom stereocenters. The zero-order chi connectivity index (χ0) is 14.0. The van der Waals surface area contributed by atoms with Gasteiger partial charge in [0.15, 0.2) is 0 Å². The Bertz CT molecular complexity index is 446. The van der Waals surface area contributed by atoms with Gasteiger partial charge < -0.3 is 14.8 Å². The van der Waals surface area contributed by atoms with Crippen LogP contribution < -0.4 is 5.32 Å². The molecule has 1 N–H and O–H groups in total. The van der Waals surface area contributed by atoms with Crippen molar-refractivity contribution in [3.8, 4) is 0 Å². The minimum Gasteiger partial charge on any atom is -0.378 e. The van der Waals surface area contributed by atoms with Gasteiger partial charge in [0.25, 0.3) is 0 Å². The van der Waals surface area contributed by atoms with Crippen LogP contribution in [0.1, 0.15) is 31.0 Å². The van der Waals surface area contributed by atoms with E-state index in [1.165, 1.54) is 0 Å². The zero-order valence-corrected chi connectivity index (χ0v) is 12.5. The summed E-state index contributed by atoms with van der Waals surface area (Å²) in [6.45, 7) is 2.35. The van der Waals surface area contributed by atoms with Crippen molar-refractivity contribution in [3.63, 3.8) is 0 Å². The summed E-state index contributed by atoms with van der Waals surface area (Å²) in [4.78, 5) is 4.47. The van der Waals surface area contributed by atoms with Crippen molar-refractivity contribution >= 4 is 11.6 Å². The van der Waals surface area contributed by atoms with E-state index in [0.717, 1.165) is 44.8 Å². The maximum absolute atomic E-state index is 6.01. The molecule has 0 aromatic carbocycles. The first kappa shape index (κ1) is 14.3. The van der Waals surface area contributed by atoms with E-state index in [4.69, 9.17) is 21.1 Å². The lowest BCUT2D eigenvalue weighted by Gasteiger charge is -2.40. The molecule has 1 aromatic heterocycles. The molecule has 1 spiro atoms. The Kier molecular flexibility index (Phi) is 4.26. The van der Waals surface area contributed by atoms with Crippen LogP contribution in [-0.2, 0) is 9.47 Å². The Labute approximate surface area is 124 Å². The van der Waals surface area contributed by atoms with E-state index in [0.29, 0.717) is 10.9 Å². The van der Waals surface area contributed by atoms with Gasteiger partial charge in [-0.2, -0.15) is 0 Å². The van der Waals surface area contributed by atoms with Crippen molar-refractivity contribution in [3.05, 3.63) is 29.0 Å². The lowest BCUT2D eigenvalue weighted by atomic mass is 9.80. The Morgan fingerprint density at radius 1 is 1.45 bits per heavy atom. The van der Waals surface area contributed by atoms with Crippen molar-refractivity contribution in [1.29, 1.82) is 0 Å². The Morgan fingerprint density at radius 2 is 2.35 bits per heavy atom. The summed E-state index contributed by atoms with van der Waals surface area (Å²) in [7, 11) is 1.99. The van der Waals surface area contributed by atoms with Crippen LogP contribution in [0.3, 0.4) is 0 Å². The molecule has 0 radical (unpaired) electrons. The van der Waals surface area contributed by atoms with Crippen LogP contribution in [0.25, 0.3) is 0 Å². The fourth-order valence-corrected chi connectivity index (χ4v) is 3.52. The Morgan fingerprint density at radius 3 is 3.00 bits per heavy atom. The number of nitrogens with zero attached hydrogens (tertiary/aromatic N) is 1. The summed E-state index contributed by atoms with van der Waals surface area (Å²) in [6, 6.07) is 4.16. The van der Waals surface area contributed by atoms with Gasteiger partial charge >= 0.3 is 0 Å². The Hall–Kier alpha value is -0.680. The average molecular weight is 297 g/mol. The maximum atomic E-state index is 6.01. The number of pyridine rings is 1. The van der Waals surface area contributed by atoms with Gasteiger partial charge in [0, 0.05) is 25.8 Å². The number of halogens is 1. The van der Waals surface area contributed by atoms with E-state index < -0.39 is 0 Å². The van der Waals surface area contributed by atoms with E-state index >= 15 is 0 Å². The summed E-state index contributed by atoms with van der Waals surface area (Å²) < 4.78 is 11.6. The predicted octanol–water partition coefficient (Wildman–Crippen LogP) is 2.58. The van der Waals surface area contributed by atoms with Crippen LogP contribution in [0, 0.1) is 5.92 Å². The standard InChI is InChI=1S/C15H21ClN2O2/c1-17-14(13-3-2-12(16)9-18-13)11-4-6-20-15(8-11)5-7-19-10-15/h2-3,9,11,14,17H,4-8,10H2,1H3. The van der Waals surface area contributed by atoms with Crippen LogP contribution in [0.15, 0.2) is 18.3 Å². The van der Waals surface area contributed by atoms with E-state index in [2.05, 4.69) is 10.3 Å². The molecule has 2 aliphatic heterocycles. The summed E-state index contributed by atoms with van der Waals surface area (Å²) in [5.41, 5.74) is 0.989. The lowest BCUT2D eigenvalue weighted by molar-refractivity contribution is -0.103. The van der Waals surface area contributed by atoms with Gasteiger partial charge in [0.1, 0.15) is 0 Å². The highest BCUT2D eigenvalue weighted by molar-refractivity contribution is 6.30. The molecule has 2 aliphatic rings. The third-order valence-corrected chi connectivity index (χ3v) is 4.67. The summed E-state index contributed by atoms with van der Waals surface area (Å²) in [5, 5.41) is 4.09. The molecule has 1 aromatic rings. The van der Waals surface area contributed by atoms with Gasteiger partial charge in [-0.3, -0.25) is 4.98 Å². The average Bonchev–Trinajstić information content (AvgIpc) is 2.90. The van der Waals surface area contributed by atoms with Gasteiger partial charge in [-0.15, -0.1) is 0 Å². The molecular weight excluding hydrogens is 276 g/mol. The third kappa shape index (κ3) is 2.84. The molecule has 0 bridgehead atoms. The van der Waals surface area contributed by atoms with Crippen LogP contribution in [-0.4, -0.2) is 37.5 Å². The number of hydrogen-bond acceptors (Lipinski definition) is 4. The van der Waals surface area contributed by atoms with Crippen molar-refractivity contribution in [2.75, 3.05) is 26.9 Å². The number of ether oxygens (including phenoxy) is 2. The largest absolute Gasteiger partial charge is 0.378 e. The normalized spacial score (nSPS) is 31.6. The van der Waals surface area contributed by atoms with Gasteiger partial charge in [-0.25, -0.2) is 0 Å². The molecule has 110 valence electrons. The Balaban J connectivity index is 1.76. The quantitative estimate of drug-likeness (QED) is 0.931. The second-order valence-electron chi connectivity index (χ2n) is 5.75. The smallest absolute Gasteiger partial charge is 0.0940 e. The second-order valence-corrected chi connectivity index (χ2v) is 6.19. The van der Waals surface area contributed by atoms with Crippen molar-refractivity contribution in [1.82, 2.24) is 10.3 Å². The minimum atomic E-state index is -0.0650. The molecule has 3 heterocycles. The minimum absolute atomic E-state index is 0.0650. The summed E-state index contributed by atoms with van der Waals surface area (Å²) >= 11 is 5.92. The number of nitrogens with one attached hydrogen (secondary N) is 1. The molecule has 20 heavy (non-hydrogen) atoms. The monoisotopic (exact) mass is 296 g/mol. The first-order valence-corrected chi connectivity index (χ1v) is 7.61. The maximum Gasteiger partial charge on any atom is 0.0940 e. The SMILES string of the molecule is CNC(c1ccc(Cl)cn1)C1CCOC2(CCOC2)C1. The van der Waals surface area contributed by atoms with Crippen molar-refractivity contribution in [2.45, 2.75) is 30.9 Å². The predicted molar refractivity (Wildman–Crippen MR) is 77.9 cm³/mol. The molecule has 0 amide bonds. The molecular formula is C15H21ClN2O2. The van der Waals surface area contributed by atoms with Crippen LogP contribution >= 0.6 is 11.6 Å². The van der Waals surface area contributed by atoms with E-state index in [1.807, 2.05) is 19.2 Å². The number of aromatic nitrogens is 1. The lowest BCUT2D eigenvalue weighted by Crippen LogP contribution is -2.43. The highest BCUT2D eigenvalue weighted by Gasteiger charge is 2.43. The number of rotatable bonds is 3. The molecule has 3 rings (SSSR count). The first-order valence-electron chi connectivity index (χ1n) is 7.23. The molecule has 4 nitrogen and oxygen atoms in total. The van der Waals surface area contributed by atoms with Gasteiger partial charge in [0.2, 0.25) is 0 Å². The topological polar surface area (TPSA) is 43.4 Å². The first-order chi connectivity index (χ1) is 9.72. The molecule has 5 heteroatoms. The van der Waals surface area contributed by atoms with Gasteiger partial charge in [0.05, 0.1) is 29.0 Å². The van der Waals surface area contributed by atoms with Gasteiger partial charge in [-0.1, -0.05) is 11.6 Å². The van der Waals surface area contributed by atoms with Crippen LogP contribution in [0.4, 0.5) is 0 Å². The van der Waals surface area contributed by atoms with Crippen molar-refractivity contribution < 1.29 is 9.47 Å². The molecule has 0 saturated carbocycles. The molecule has 0 aliphatic carbocycles. The molecule has 2 saturated heterocycles. The molecule has 3 unspecified atom stereocenters. The fourth-order valence-electron chi connectivity index (χ4n) is 3.41. The van der Waals surface area contributed by atoms with Crippen LogP contribution in [0.2, 0.25) is 5.02 Å². The summed E-state index contributed by atoms with van der Waals surface area (Å²) in [5.74, 6) is 0.518. The number of hydrogen-bond donors (Lipinski definition) is 1. The zero-order valence-electron chi connectivity index (χ0n) is 11.8. The highest BCUT2D eigenvalue weighted by Crippen LogP contribution is 2.40. The van der Waals surface area contributed by atoms with Crippen LogP contribution in [0.5, 0.6) is 0 Å². The van der Waals surface area contributed by atoms with E-state index in [-0.39, 0.29) is 11.6 Å². The van der Waals surface area contributed by atoms with Crippen molar-refractivity contribution in [2.24, 2.45) is 5.92 Å². The third-order valence-electron chi connectivity index (χ3n) is 4.45. The summed E-state index contributed by atoms with van der Waals surface area (Å²) in [6.07, 6.45) is 4.81. The highest BCUT2D eigenvalue weighted by atomic mass is 35.5. The molecule has 2 fully saturated rings.